The zero-order chi connectivity index (χ0) is 11.3. The third-order valence-electron chi connectivity index (χ3n) is 1.18. The molecule has 0 spiro atoms. The van der Waals surface area contributed by atoms with Crippen molar-refractivity contribution in [2.45, 2.75) is 0 Å². The van der Waals surface area contributed by atoms with Gasteiger partial charge in [-0.2, -0.15) is 0 Å². The molecule has 0 fully saturated rings. The van der Waals surface area contributed by atoms with Crippen LogP contribution >= 0.6 is 0 Å². The molecule has 0 unspecified atom stereocenters. The second-order valence-electron chi connectivity index (χ2n) is 2.18. The topological polar surface area (TPSA) is 129 Å². The molecule has 0 rings (SSSR count). The smallest absolute Gasteiger partial charge is 0.376 e. The predicted molar refractivity (Wildman–Crippen MR) is 40.5 cm³/mol. The Bertz CT molecular complexity index is 300. The van der Waals surface area contributed by atoms with E-state index in [9.17, 15) is 19.2 Å². The number of carboxylic acids is 3. The van der Waals surface area contributed by atoms with E-state index in [2.05, 4.69) is 0 Å². The van der Waals surface area contributed by atoms with E-state index in [4.69, 9.17) is 15.3 Å². The van der Waals surface area contributed by atoms with Crippen LogP contribution < -0.4 is 0 Å². The Morgan fingerprint density at radius 2 is 1.36 bits per heavy atom. The van der Waals surface area contributed by atoms with Crippen molar-refractivity contribution >= 4 is 23.7 Å². The van der Waals surface area contributed by atoms with Crippen molar-refractivity contribution in [2.24, 2.45) is 5.92 Å². The molecular formula is C7H6O7. The lowest BCUT2D eigenvalue weighted by molar-refractivity contribution is -0.152. The van der Waals surface area contributed by atoms with Crippen LogP contribution in [0.15, 0.2) is 12.2 Å². The van der Waals surface area contributed by atoms with Gasteiger partial charge in [0.2, 0.25) is 0 Å². The fourth-order valence-electron chi connectivity index (χ4n) is 0.525. The van der Waals surface area contributed by atoms with Crippen LogP contribution in [0.4, 0.5) is 0 Å². The molecule has 0 aromatic rings. The quantitative estimate of drug-likeness (QED) is 0.295. The second-order valence-corrected chi connectivity index (χ2v) is 2.18. The maximum absolute atomic E-state index is 10.4. The highest BCUT2D eigenvalue weighted by Gasteiger charge is 2.23. The Morgan fingerprint density at radius 3 is 1.64 bits per heavy atom. The van der Waals surface area contributed by atoms with Crippen LogP contribution in [0.5, 0.6) is 0 Å². The van der Waals surface area contributed by atoms with Gasteiger partial charge in [-0.25, -0.2) is 4.79 Å². The zero-order valence-corrected chi connectivity index (χ0v) is 6.71. The van der Waals surface area contributed by atoms with Gasteiger partial charge in [0.15, 0.2) is 5.92 Å². The molecule has 0 heterocycles. The van der Waals surface area contributed by atoms with Crippen molar-refractivity contribution in [1.82, 2.24) is 0 Å². The first kappa shape index (κ1) is 11.8. The molecule has 7 nitrogen and oxygen atoms in total. The zero-order valence-electron chi connectivity index (χ0n) is 6.71. The lowest BCUT2D eigenvalue weighted by atomic mass is 10.1. The van der Waals surface area contributed by atoms with Crippen LogP contribution in [0.25, 0.3) is 0 Å². The van der Waals surface area contributed by atoms with Gasteiger partial charge in [0, 0.05) is 0 Å². The van der Waals surface area contributed by atoms with Gasteiger partial charge in [-0.3, -0.25) is 14.4 Å². The molecule has 0 saturated carbocycles. The molecule has 0 saturated heterocycles. The highest BCUT2D eigenvalue weighted by Crippen LogP contribution is 1.99. The highest BCUT2D eigenvalue weighted by atomic mass is 16.4. The third kappa shape index (κ3) is 3.48. The molecule has 0 atom stereocenters. The van der Waals surface area contributed by atoms with Crippen molar-refractivity contribution < 1.29 is 34.5 Å². The molecule has 0 aromatic heterocycles. The van der Waals surface area contributed by atoms with E-state index in [0.29, 0.717) is 12.2 Å². The maximum atomic E-state index is 10.4. The molecule has 0 aliphatic carbocycles. The highest BCUT2D eigenvalue weighted by molar-refractivity contribution is 6.37. The summed E-state index contributed by atoms with van der Waals surface area (Å²) in [6.45, 7) is 0. The Morgan fingerprint density at radius 1 is 0.929 bits per heavy atom. The van der Waals surface area contributed by atoms with Crippen LogP contribution in [-0.4, -0.2) is 39.0 Å². The number of carboxylic acid groups (broad SMARTS) is 3. The first-order valence-corrected chi connectivity index (χ1v) is 3.27. The van der Waals surface area contributed by atoms with Crippen LogP contribution in [0.1, 0.15) is 0 Å². The minimum absolute atomic E-state index is 0.398. The monoisotopic (exact) mass is 202 g/mol. The molecule has 0 amide bonds. The van der Waals surface area contributed by atoms with Crippen molar-refractivity contribution in [3.8, 4) is 0 Å². The third-order valence-corrected chi connectivity index (χ3v) is 1.18. The number of hydrogen-bond acceptors (Lipinski definition) is 4. The van der Waals surface area contributed by atoms with E-state index in [0.717, 1.165) is 0 Å². The lowest BCUT2D eigenvalue weighted by Crippen LogP contribution is -2.21. The first-order chi connectivity index (χ1) is 6.36. The van der Waals surface area contributed by atoms with Gasteiger partial charge in [-0.05, 0) is 6.08 Å². The number of carbonyl (C=O) groups excluding carboxylic acids is 1. The summed E-state index contributed by atoms with van der Waals surface area (Å²) < 4.78 is 0. The summed E-state index contributed by atoms with van der Waals surface area (Å²) in [5.41, 5.74) is 0. The molecule has 0 aliphatic rings. The summed E-state index contributed by atoms with van der Waals surface area (Å²) in [4.78, 5) is 40.8. The van der Waals surface area contributed by atoms with Gasteiger partial charge < -0.3 is 15.3 Å². The molecule has 0 aliphatic heterocycles. The number of aliphatic carboxylic acids is 3. The summed E-state index contributed by atoms with van der Waals surface area (Å²) in [5.74, 6) is -8.43. The largest absolute Gasteiger partial charge is 0.480 e. The average Bonchev–Trinajstić information content (AvgIpc) is 2.02. The molecule has 76 valence electrons. The average molecular weight is 202 g/mol. The number of carbonyl (C=O) groups is 4. The second kappa shape index (κ2) is 4.75. The van der Waals surface area contributed by atoms with Crippen LogP contribution in [-0.2, 0) is 19.2 Å². The summed E-state index contributed by atoms with van der Waals surface area (Å²) in [7, 11) is 0. The molecule has 0 bridgehead atoms. The standard InChI is InChI=1S/C7H6O7/c8-4(7(13)14)2-1-3(5(9)10)6(11)12/h1-3H,(H,9,10)(H,11,12)(H,13,14)/b2-1+. The molecule has 0 aromatic carbocycles. The summed E-state index contributed by atoms with van der Waals surface area (Å²) in [6.07, 6.45) is 0.899. The Balaban J connectivity index is 4.61. The number of hydrogen-bond donors (Lipinski definition) is 3. The van der Waals surface area contributed by atoms with E-state index >= 15 is 0 Å². The Hall–Kier alpha value is -2.18. The minimum atomic E-state index is -1.92. The van der Waals surface area contributed by atoms with Crippen molar-refractivity contribution in [3.63, 3.8) is 0 Å². The van der Waals surface area contributed by atoms with Crippen LogP contribution in [0.3, 0.4) is 0 Å². The van der Waals surface area contributed by atoms with Gasteiger partial charge in [0.05, 0.1) is 0 Å². The summed E-state index contributed by atoms with van der Waals surface area (Å²) in [5, 5.41) is 24.7. The summed E-state index contributed by atoms with van der Waals surface area (Å²) >= 11 is 0. The first-order valence-electron chi connectivity index (χ1n) is 3.27. The van der Waals surface area contributed by atoms with Gasteiger partial charge in [-0.15, -0.1) is 0 Å². The van der Waals surface area contributed by atoms with Gasteiger partial charge in [0.1, 0.15) is 0 Å². The molecule has 3 N–H and O–H groups in total. The van der Waals surface area contributed by atoms with E-state index in [1.807, 2.05) is 0 Å². The molecule has 0 radical (unpaired) electrons. The number of rotatable bonds is 5. The van der Waals surface area contributed by atoms with E-state index in [1.165, 1.54) is 0 Å². The minimum Gasteiger partial charge on any atom is -0.480 e. The molecule has 14 heavy (non-hydrogen) atoms. The van der Waals surface area contributed by atoms with Crippen molar-refractivity contribution in [3.05, 3.63) is 12.2 Å². The predicted octanol–water partition coefficient (Wildman–Crippen LogP) is -1.02. The molecule has 7 heteroatoms. The summed E-state index contributed by atoms with van der Waals surface area (Å²) in [6, 6.07) is 0. The van der Waals surface area contributed by atoms with Crippen molar-refractivity contribution in [1.29, 1.82) is 0 Å². The maximum Gasteiger partial charge on any atom is 0.376 e. The molecular weight excluding hydrogens is 196 g/mol. The Labute approximate surface area is 77.3 Å². The normalized spacial score (nSPS) is 10.4. The van der Waals surface area contributed by atoms with Gasteiger partial charge in [-0.1, -0.05) is 6.08 Å². The van der Waals surface area contributed by atoms with Gasteiger partial charge >= 0.3 is 17.9 Å². The van der Waals surface area contributed by atoms with E-state index in [-0.39, 0.29) is 0 Å². The fourth-order valence-corrected chi connectivity index (χ4v) is 0.525. The van der Waals surface area contributed by atoms with Crippen molar-refractivity contribution in [2.75, 3.05) is 0 Å². The SMILES string of the molecule is O=C(O)C(=O)/C=C/C(C(=O)O)C(=O)O. The lowest BCUT2D eigenvalue weighted by Gasteiger charge is -1.98. The van der Waals surface area contributed by atoms with E-state index < -0.39 is 29.6 Å². The van der Waals surface area contributed by atoms with E-state index in [1.54, 1.807) is 0 Å². The van der Waals surface area contributed by atoms with Crippen LogP contribution in [0.2, 0.25) is 0 Å². The Kier molecular flexibility index (Phi) is 4.01. The van der Waals surface area contributed by atoms with Crippen LogP contribution in [0, 0.1) is 5.92 Å². The van der Waals surface area contributed by atoms with Gasteiger partial charge in [0.25, 0.3) is 5.78 Å². The number of ketones is 1. The fraction of sp³-hybridized carbons (Fsp3) is 0.143.